The number of furan rings is 1. The number of rotatable bonds is 6. The number of thiophene rings is 1. The van der Waals surface area contributed by atoms with Crippen molar-refractivity contribution in [2.24, 2.45) is 0 Å². The van der Waals surface area contributed by atoms with Crippen molar-refractivity contribution in [3.8, 4) is 5.75 Å². The van der Waals surface area contributed by atoms with E-state index in [2.05, 4.69) is 5.32 Å². The van der Waals surface area contributed by atoms with E-state index in [-0.39, 0.29) is 12.5 Å². The van der Waals surface area contributed by atoms with Crippen LogP contribution in [0.15, 0.2) is 52.9 Å². The van der Waals surface area contributed by atoms with Crippen molar-refractivity contribution < 1.29 is 13.9 Å². The summed E-state index contributed by atoms with van der Waals surface area (Å²) >= 11 is 7.48. The average molecular weight is 415 g/mol. The smallest absolute Gasteiger partial charge is 0.238 e. The first kappa shape index (κ1) is 18.8. The normalized spacial score (nSPS) is 11.4. The van der Waals surface area contributed by atoms with Crippen LogP contribution in [0.1, 0.15) is 4.88 Å². The summed E-state index contributed by atoms with van der Waals surface area (Å²) in [6.07, 6.45) is 0. The van der Waals surface area contributed by atoms with Gasteiger partial charge in [0, 0.05) is 28.3 Å². The maximum Gasteiger partial charge on any atom is 0.238 e. The molecule has 0 saturated carbocycles. The molecule has 0 radical (unpaired) electrons. The Labute approximate surface area is 171 Å². The molecule has 7 heteroatoms. The van der Waals surface area contributed by atoms with Crippen molar-refractivity contribution in [1.82, 2.24) is 4.90 Å². The number of nitrogens with one attached hydrogen (secondary N) is 1. The maximum atomic E-state index is 12.5. The molecule has 5 nitrogen and oxygen atoms in total. The summed E-state index contributed by atoms with van der Waals surface area (Å²) in [4.78, 5) is 15.6. The highest BCUT2D eigenvalue weighted by molar-refractivity contribution is 7.16. The second-order valence-corrected chi connectivity index (χ2v) is 8.37. The van der Waals surface area contributed by atoms with Crippen molar-refractivity contribution in [1.29, 1.82) is 0 Å². The third kappa shape index (κ3) is 3.85. The van der Waals surface area contributed by atoms with Crippen LogP contribution in [0.5, 0.6) is 5.75 Å². The van der Waals surface area contributed by atoms with Gasteiger partial charge in [0.1, 0.15) is 16.9 Å². The molecular formula is C21H19ClN2O3S. The molecule has 1 N–H and O–H groups in total. The molecule has 0 spiro atoms. The second-order valence-electron chi connectivity index (χ2n) is 6.57. The van der Waals surface area contributed by atoms with E-state index >= 15 is 0 Å². The maximum absolute atomic E-state index is 12.5. The van der Waals surface area contributed by atoms with Gasteiger partial charge in [0.05, 0.1) is 23.7 Å². The Hall–Kier alpha value is -2.54. The lowest BCUT2D eigenvalue weighted by atomic mass is 10.1. The molecule has 1 amide bonds. The van der Waals surface area contributed by atoms with Crippen LogP contribution in [-0.2, 0) is 11.3 Å². The van der Waals surface area contributed by atoms with E-state index in [1.54, 1.807) is 7.11 Å². The molecule has 0 fully saturated rings. The molecule has 0 atom stereocenters. The molecule has 0 aliphatic heterocycles. The van der Waals surface area contributed by atoms with Gasteiger partial charge in [-0.2, -0.15) is 0 Å². The fourth-order valence-electron chi connectivity index (χ4n) is 3.21. The van der Waals surface area contributed by atoms with Crippen LogP contribution in [0, 0.1) is 0 Å². The zero-order valence-electron chi connectivity index (χ0n) is 15.5. The van der Waals surface area contributed by atoms with Crippen LogP contribution in [0.25, 0.3) is 21.9 Å². The Morgan fingerprint density at radius 2 is 2.00 bits per heavy atom. The number of hydrogen-bond acceptors (Lipinski definition) is 5. The van der Waals surface area contributed by atoms with Crippen LogP contribution >= 0.6 is 22.9 Å². The molecule has 2 aromatic carbocycles. The molecule has 0 saturated heterocycles. The topological polar surface area (TPSA) is 54.7 Å². The van der Waals surface area contributed by atoms with Crippen LogP contribution in [0.3, 0.4) is 0 Å². The van der Waals surface area contributed by atoms with E-state index in [0.29, 0.717) is 23.6 Å². The molecule has 0 aliphatic carbocycles. The lowest BCUT2D eigenvalue weighted by Crippen LogP contribution is -2.29. The van der Waals surface area contributed by atoms with E-state index in [1.807, 2.05) is 60.5 Å². The minimum atomic E-state index is -0.126. The van der Waals surface area contributed by atoms with Gasteiger partial charge in [-0.1, -0.05) is 29.8 Å². The number of amides is 1. The molecule has 2 heterocycles. The highest BCUT2D eigenvalue weighted by Gasteiger charge is 2.15. The van der Waals surface area contributed by atoms with Crippen molar-refractivity contribution in [2.75, 3.05) is 26.0 Å². The summed E-state index contributed by atoms with van der Waals surface area (Å²) in [7, 11) is 3.48. The molecule has 2 aromatic heterocycles. The molecule has 4 aromatic rings. The zero-order chi connectivity index (χ0) is 19.7. The van der Waals surface area contributed by atoms with E-state index in [4.69, 9.17) is 20.8 Å². The average Bonchev–Trinajstić information content (AvgIpc) is 3.23. The number of benzene rings is 2. The molecule has 0 bridgehead atoms. The third-order valence-electron chi connectivity index (χ3n) is 4.44. The number of halogens is 1. The number of anilines is 1. The van der Waals surface area contributed by atoms with Gasteiger partial charge in [0.15, 0.2) is 0 Å². The van der Waals surface area contributed by atoms with Crippen LogP contribution < -0.4 is 10.1 Å². The van der Waals surface area contributed by atoms with Gasteiger partial charge in [-0.25, -0.2) is 0 Å². The number of fused-ring (bicyclic) bond motifs is 3. The summed E-state index contributed by atoms with van der Waals surface area (Å²) < 4.78 is 12.1. The summed E-state index contributed by atoms with van der Waals surface area (Å²) in [6, 6.07) is 15.4. The van der Waals surface area contributed by atoms with Gasteiger partial charge >= 0.3 is 0 Å². The Morgan fingerprint density at radius 3 is 2.75 bits per heavy atom. The van der Waals surface area contributed by atoms with E-state index in [9.17, 15) is 4.79 Å². The number of nitrogens with zero attached hydrogens (tertiary/aromatic N) is 1. The molecule has 4 rings (SSSR count). The van der Waals surface area contributed by atoms with E-state index in [1.165, 1.54) is 11.3 Å². The first-order chi connectivity index (χ1) is 13.5. The van der Waals surface area contributed by atoms with Crippen LogP contribution in [-0.4, -0.2) is 31.5 Å². The molecule has 0 unspecified atom stereocenters. The Morgan fingerprint density at radius 1 is 1.18 bits per heavy atom. The predicted octanol–water partition coefficient (Wildman–Crippen LogP) is 5.38. The minimum Gasteiger partial charge on any atom is -0.495 e. The summed E-state index contributed by atoms with van der Waals surface area (Å²) in [5.41, 5.74) is 2.10. The lowest BCUT2D eigenvalue weighted by Gasteiger charge is -2.16. The first-order valence-electron chi connectivity index (χ1n) is 8.75. The van der Waals surface area contributed by atoms with Gasteiger partial charge in [0.2, 0.25) is 5.91 Å². The predicted molar refractivity (Wildman–Crippen MR) is 115 cm³/mol. The lowest BCUT2D eigenvalue weighted by molar-refractivity contribution is -0.117. The Kier molecular flexibility index (Phi) is 5.26. The van der Waals surface area contributed by atoms with Gasteiger partial charge < -0.3 is 14.5 Å². The van der Waals surface area contributed by atoms with Crippen molar-refractivity contribution >= 4 is 56.5 Å². The van der Waals surface area contributed by atoms with E-state index in [0.717, 1.165) is 25.6 Å². The van der Waals surface area contributed by atoms with Crippen molar-refractivity contribution in [3.63, 3.8) is 0 Å². The van der Waals surface area contributed by atoms with Crippen molar-refractivity contribution in [3.05, 3.63) is 57.7 Å². The number of para-hydroxylation sites is 1. The highest BCUT2D eigenvalue weighted by Crippen LogP contribution is 2.36. The molecule has 28 heavy (non-hydrogen) atoms. The Bertz CT molecular complexity index is 1150. The van der Waals surface area contributed by atoms with Gasteiger partial charge in [-0.15, -0.1) is 11.3 Å². The van der Waals surface area contributed by atoms with E-state index < -0.39 is 0 Å². The van der Waals surface area contributed by atoms with Gasteiger partial charge in [0.25, 0.3) is 0 Å². The van der Waals surface area contributed by atoms with Gasteiger partial charge in [-0.05, 0) is 31.3 Å². The van der Waals surface area contributed by atoms with Crippen LogP contribution in [0.4, 0.5) is 5.69 Å². The minimum absolute atomic E-state index is 0.126. The quantitative estimate of drug-likeness (QED) is 0.460. The number of ether oxygens (including phenoxy) is 1. The van der Waals surface area contributed by atoms with Gasteiger partial charge in [-0.3, -0.25) is 9.69 Å². The largest absolute Gasteiger partial charge is 0.495 e. The SMILES string of the molecule is COc1cc2c(cc1NC(=O)CN(C)Cc1ccc(Cl)s1)oc1ccccc12. The standard InChI is InChI=1S/C21H19ClN2O3S/c1-24(11-13-7-8-20(22)28-13)12-21(25)23-16-10-18-15(9-19(16)26-2)14-5-3-4-6-17(14)27-18/h3-10H,11-12H2,1-2H3,(H,23,25). The zero-order valence-corrected chi connectivity index (χ0v) is 17.1. The first-order valence-corrected chi connectivity index (χ1v) is 9.95. The second kappa shape index (κ2) is 7.83. The Balaban J connectivity index is 1.52. The number of hydrogen-bond donors (Lipinski definition) is 1. The monoisotopic (exact) mass is 414 g/mol. The fourth-order valence-corrected chi connectivity index (χ4v) is 4.38. The summed E-state index contributed by atoms with van der Waals surface area (Å²) in [5, 5.41) is 4.90. The number of carbonyl (C=O) groups excluding carboxylic acids is 1. The molecule has 144 valence electrons. The number of methoxy groups -OCH3 is 1. The van der Waals surface area contributed by atoms with Crippen LogP contribution in [0.2, 0.25) is 4.34 Å². The number of likely N-dealkylation sites (N-methyl/N-ethyl adjacent to an activating group) is 1. The molecular weight excluding hydrogens is 396 g/mol. The van der Waals surface area contributed by atoms with Crippen molar-refractivity contribution in [2.45, 2.75) is 6.54 Å². The summed E-state index contributed by atoms with van der Waals surface area (Å²) in [5.74, 6) is 0.471. The fraction of sp³-hybridized carbons (Fsp3) is 0.190. The summed E-state index contributed by atoms with van der Waals surface area (Å²) in [6.45, 7) is 0.904. The number of carbonyl (C=O) groups is 1. The third-order valence-corrected chi connectivity index (χ3v) is 5.66. The highest BCUT2D eigenvalue weighted by atomic mass is 35.5. The molecule has 0 aliphatic rings.